The lowest BCUT2D eigenvalue weighted by molar-refractivity contribution is 0.260. The highest BCUT2D eigenvalue weighted by Gasteiger charge is 2.30. The van der Waals surface area contributed by atoms with Gasteiger partial charge in [0.1, 0.15) is 5.75 Å². The van der Waals surface area contributed by atoms with E-state index in [0.717, 1.165) is 25.3 Å². The van der Waals surface area contributed by atoms with Crippen molar-refractivity contribution in [3.8, 4) is 5.75 Å². The maximum absolute atomic E-state index is 5.26. The molecule has 1 heterocycles. The predicted molar refractivity (Wildman–Crippen MR) is 88.9 cm³/mol. The van der Waals surface area contributed by atoms with Crippen molar-refractivity contribution in [2.75, 3.05) is 33.3 Å². The minimum atomic E-state index is 0.407. The van der Waals surface area contributed by atoms with Crippen molar-refractivity contribution in [2.24, 2.45) is 5.41 Å². The first kappa shape index (κ1) is 16.3. The Hall–Kier alpha value is -1.06. The molecule has 0 bridgehead atoms. The molecule has 2 rings (SSSR count). The molecule has 1 aromatic carbocycles. The molecule has 1 aliphatic rings. The van der Waals surface area contributed by atoms with E-state index in [9.17, 15) is 0 Å². The van der Waals surface area contributed by atoms with Crippen LogP contribution in [0.2, 0.25) is 0 Å². The van der Waals surface area contributed by atoms with Crippen LogP contribution in [-0.2, 0) is 0 Å². The molecule has 3 nitrogen and oxygen atoms in total. The molecule has 1 saturated heterocycles. The molecule has 0 saturated carbocycles. The first-order chi connectivity index (χ1) is 10.0. The van der Waals surface area contributed by atoms with E-state index < -0.39 is 0 Å². The van der Waals surface area contributed by atoms with Crippen molar-refractivity contribution in [1.82, 2.24) is 10.2 Å². The first-order valence-electron chi connectivity index (χ1n) is 8.14. The number of likely N-dealkylation sites (tertiary alicyclic amines) is 1. The van der Waals surface area contributed by atoms with E-state index in [4.69, 9.17) is 4.74 Å². The lowest BCUT2D eigenvalue weighted by Gasteiger charge is -2.26. The molecule has 1 fully saturated rings. The van der Waals surface area contributed by atoms with Gasteiger partial charge in [-0.2, -0.15) is 0 Å². The molecule has 1 aromatic rings. The number of nitrogens with one attached hydrogen (secondary N) is 1. The van der Waals surface area contributed by atoms with E-state index in [1.54, 1.807) is 7.11 Å². The number of nitrogens with zero attached hydrogens (tertiary/aromatic N) is 1. The SMILES string of the molecule is CCCNC(CN1CCC(C)(C)C1)c1ccc(OC)cc1. The Labute approximate surface area is 129 Å². The Morgan fingerprint density at radius 1 is 1.29 bits per heavy atom. The van der Waals surface area contributed by atoms with E-state index in [1.165, 1.54) is 25.1 Å². The van der Waals surface area contributed by atoms with Crippen LogP contribution < -0.4 is 10.1 Å². The van der Waals surface area contributed by atoms with Gasteiger partial charge in [-0.15, -0.1) is 0 Å². The second-order valence-corrected chi connectivity index (χ2v) is 6.93. The number of methoxy groups -OCH3 is 1. The van der Waals surface area contributed by atoms with Crippen LogP contribution in [0.25, 0.3) is 0 Å². The molecule has 1 atom stereocenters. The highest BCUT2D eigenvalue weighted by molar-refractivity contribution is 5.29. The average Bonchev–Trinajstić information content (AvgIpc) is 2.82. The average molecular weight is 290 g/mol. The smallest absolute Gasteiger partial charge is 0.118 e. The summed E-state index contributed by atoms with van der Waals surface area (Å²) in [5, 5.41) is 3.69. The largest absolute Gasteiger partial charge is 0.497 e. The van der Waals surface area contributed by atoms with E-state index >= 15 is 0 Å². The van der Waals surface area contributed by atoms with Crippen molar-refractivity contribution in [3.63, 3.8) is 0 Å². The van der Waals surface area contributed by atoms with Gasteiger partial charge in [0.2, 0.25) is 0 Å². The van der Waals surface area contributed by atoms with Crippen LogP contribution in [0.5, 0.6) is 5.75 Å². The molecule has 0 radical (unpaired) electrons. The maximum atomic E-state index is 5.26. The van der Waals surface area contributed by atoms with Gasteiger partial charge in [-0.05, 0) is 49.0 Å². The van der Waals surface area contributed by atoms with Crippen LogP contribution in [0, 0.1) is 5.41 Å². The van der Waals surface area contributed by atoms with Gasteiger partial charge < -0.3 is 15.0 Å². The summed E-state index contributed by atoms with van der Waals surface area (Å²) >= 11 is 0. The van der Waals surface area contributed by atoms with Crippen LogP contribution in [-0.4, -0.2) is 38.2 Å². The summed E-state index contributed by atoms with van der Waals surface area (Å²) in [6, 6.07) is 8.90. The van der Waals surface area contributed by atoms with Crippen molar-refractivity contribution >= 4 is 0 Å². The van der Waals surface area contributed by atoms with Crippen molar-refractivity contribution in [1.29, 1.82) is 0 Å². The Bertz CT molecular complexity index is 427. The van der Waals surface area contributed by atoms with E-state index in [0.29, 0.717) is 11.5 Å². The predicted octanol–water partition coefficient (Wildman–Crippen LogP) is 3.47. The van der Waals surface area contributed by atoms with Crippen molar-refractivity contribution < 1.29 is 4.74 Å². The lowest BCUT2D eigenvalue weighted by Crippen LogP contribution is -2.35. The van der Waals surface area contributed by atoms with Gasteiger partial charge in [-0.3, -0.25) is 0 Å². The van der Waals surface area contributed by atoms with Crippen LogP contribution >= 0.6 is 0 Å². The molecular formula is C18H30N2O. The standard InChI is InChI=1S/C18H30N2O/c1-5-11-19-17(13-20-12-10-18(2,3)14-20)15-6-8-16(21-4)9-7-15/h6-9,17,19H,5,10-14H2,1-4H3. The van der Waals surface area contributed by atoms with Gasteiger partial charge >= 0.3 is 0 Å². The van der Waals surface area contributed by atoms with Crippen molar-refractivity contribution in [3.05, 3.63) is 29.8 Å². The van der Waals surface area contributed by atoms with Gasteiger partial charge in [0.25, 0.3) is 0 Å². The fourth-order valence-corrected chi connectivity index (χ4v) is 3.08. The number of hydrogen-bond acceptors (Lipinski definition) is 3. The highest BCUT2D eigenvalue weighted by atomic mass is 16.5. The first-order valence-corrected chi connectivity index (χ1v) is 8.14. The summed E-state index contributed by atoms with van der Waals surface area (Å²) in [5.41, 5.74) is 1.82. The zero-order valence-electron chi connectivity index (χ0n) is 14.0. The molecule has 3 heteroatoms. The summed E-state index contributed by atoms with van der Waals surface area (Å²) in [5.74, 6) is 0.926. The summed E-state index contributed by atoms with van der Waals surface area (Å²) in [6.07, 6.45) is 2.47. The third-order valence-corrected chi connectivity index (χ3v) is 4.36. The molecular weight excluding hydrogens is 260 g/mol. The number of ether oxygens (including phenoxy) is 1. The highest BCUT2D eigenvalue weighted by Crippen LogP contribution is 2.30. The van der Waals surface area contributed by atoms with Gasteiger partial charge in [-0.1, -0.05) is 32.9 Å². The fourth-order valence-electron chi connectivity index (χ4n) is 3.08. The molecule has 118 valence electrons. The Morgan fingerprint density at radius 2 is 2.00 bits per heavy atom. The lowest BCUT2D eigenvalue weighted by atomic mass is 9.93. The van der Waals surface area contributed by atoms with Gasteiger partial charge in [0.05, 0.1) is 7.11 Å². The quantitative estimate of drug-likeness (QED) is 0.832. The number of benzene rings is 1. The van der Waals surface area contributed by atoms with Gasteiger partial charge in [0.15, 0.2) is 0 Å². The van der Waals surface area contributed by atoms with Crippen LogP contribution in [0.3, 0.4) is 0 Å². The molecule has 1 aliphatic heterocycles. The summed E-state index contributed by atoms with van der Waals surface area (Å²) < 4.78 is 5.26. The second kappa shape index (κ2) is 7.28. The Morgan fingerprint density at radius 3 is 2.52 bits per heavy atom. The number of hydrogen-bond donors (Lipinski definition) is 1. The molecule has 0 spiro atoms. The van der Waals surface area contributed by atoms with E-state index in [-0.39, 0.29) is 0 Å². The molecule has 0 aromatic heterocycles. The molecule has 0 amide bonds. The third-order valence-electron chi connectivity index (χ3n) is 4.36. The van der Waals surface area contributed by atoms with E-state index in [2.05, 4.69) is 55.3 Å². The third kappa shape index (κ3) is 4.72. The Balaban J connectivity index is 2.03. The zero-order valence-corrected chi connectivity index (χ0v) is 14.0. The Kier molecular flexibility index (Phi) is 5.65. The molecule has 0 aliphatic carbocycles. The zero-order chi connectivity index (χ0) is 15.3. The normalized spacial score (nSPS) is 19.6. The van der Waals surface area contributed by atoms with Crippen molar-refractivity contribution in [2.45, 2.75) is 39.7 Å². The van der Waals surface area contributed by atoms with Gasteiger partial charge in [-0.25, -0.2) is 0 Å². The monoisotopic (exact) mass is 290 g/mol. The fraction of sp³-hybridized carbons (Fsp3) is 0.667. The summed E-state index contributed by atoms with van der Waals surface area (Å²) in [4.78, 5) is 2.59. The molecule has 1 unspecified atom stereocenters. The van der Waals surface area contributed by atoms with Crippen LogP contribution in [0.1, 0.15) is 45.2 Å². The summed E-state index contributed by atoms with van der Waals surface area (Å²) in [6.45, 7) is 11.5. The minimum Gasteiger partial charge on any atom is -0.497 e. The second-order valence-electron chi connectivity index (χ2n) is 6.93. The van der Waals surface area contributed by atoms with Crippen LogP contribution in [0.4, 0.5) is 0 Å². The molecule has 21 heavy (non-hydrogen) atoms. The minimum absolute atomic E-state index is 0.407. The van der Waals surface area contributed by atoms with E-state index in [1.807, 2.05) is 0 Å². The summed E-state index contributed by atoms with van der Waals surface area (Å²) in [7, 11) is 1.72. The molecule has 1 N–H and O–H groups in total. The topological polar surface area (TPSA) is 24.5 Å². The van der Waals surface area contributed by atoms with Gasteiger partial charge in [0, 0.05) is 19.1 Å². The van der Waals surface area contributed by atoms with Crippen LogP contribution in [0.15, 0.2) is 24.3 Å². The maximum Gasteiger partial charge on any atom is 0.118 e. The number of rotatable bonds is 7.